The van der Waals surface area contributed by atoms with Crippen LogP contribution >= 0.6 is 0 Å². The van der Waals surface area contributed by atoms with E-state index >= 15 is 0 Å². The zero-order valence-corrected chi connectivity index (χ0v) is 7.38. The zero-order valence-electron chi connectivity index (χ0n) is 7.38. The summed E-state index contributed by atoms with van der Waals surface area (Å²) in [6.07, 6.45) is 1.62. The van der Waals surface area contributed by atoms with Gasteiger partial charge in [0.05, 0.1) is 12.5 Å². The molecule has 0 rings (SSSR count). The summed E-state index contributed by atoms with van der Waals surface area (Å²) >= 11 is 0. The van der Waals surface area contributed by atoms with Gasteiger partial charge in [-0.15, -0.1) is 0 Å². The lowest BCUT2D eigenvalue weighted by Gasteiger charge is -2.23. The predicted molar refractivity (Wildman–Crippen MR) is 46.0 cm³/mol. The Bertz CT molecular complexity index is 128. The summed E-state index contributed by atoms with van der Waals surface area (Å²) in [5.41, 5.74) is 5.39. The molecule has 1 atom stereocenters. The molecule has 3 heteroatoms. The van der Waals surface area contributed by atoms with E-state index in [0.29, 0.717) is 19.0 Å². The van der Waals surface area contributed by atoms with Gasteiger partial charge in [-0.1, -0.05) is 6.92 Å². The number of hydrogen-bond acceptors (Lipinski definition) is 3. The van der Waals surface area contributed by atoms with E-state index in [4.69, 9.17) is 11.0 Å². The monoisotopic (exact) mass is 155 g/mol. The predicted octanol–water partition coefficient (Wildman–Crippen LogP) is 0.569. The molecule has 0 aromatic heterocycles. The van der Waals surface area contributed by atoms with Crippen LogP contribution in [0.5, 0.6) is 0 Å². The van der Waals surface area contributed by atoms with Crippen LogP contribution < -0.4 is 5.73 Å². The van der Waals surface area contributed by atoms with Crippen LogP contribution in [0.1, 0.15) is 19.8 Å². The number of nitrogens with zero attached hydrogens (tertiary/aromatic N) is 2. The van der Waals surface area contributed by atoms with Crippen molar-refractivity contribution in [3.05, 3.63) is 0 Å². The molecular weight excluding hydrogens is 138 g/mol. The van der Waals surface area contributed by atoms with Gasteiger partial charge >= 0.3 is 0 Å². The molecule has 3 nitrogen and oxygen atoms in total. The first-order valence-corrected chi connectivity index (χ1v) is 4.03. The van der Waals surface area contributed by atoms with Crippen LogP contribution in [0.15, 0.2) is 0 Å². The molecule has 0 radical (unpaired) electrons. The highest BCUT2D eigenvalue weighted by atomic mass is 15.1. The van der Waals surface area contributed by atoms with Crippen LogP contribution in [-0.2, 0) is 0 Å². The minimum Gasteiger partial charge on any atom is -0.329 e. The summed E-state index contributed by atoms with van der Waals surface area (Å²) in [4.78, 5) is 2.14. The Morgan fingerprint density at radius 1 is 1.64 bits per heavy atom. The van der Waals surface area contributed by atoms with Gasteiger partial charge in [0.2, 0.25) is 0 Å². The third kappa shape index (κ3) is 3.97. The highest BCUT2D eigenvalue weighted by Crippen LogP contribution is 2.04. The lowest BCUT2D eigenvalue weighted by atomic mass is 10.1. The van der Waals surface area contributed by atoms with E-state index in [9.17, 15) is 0 Å². The van der Waals surface area contributed by atoms with Crippen molar-refractivity contribution in [1.29, 1.82) is 5.26 Å². The molecule has 2 N–H and O–H groups in total. The summed E-state index contributed by atoms with van der Waals surface area (Å²) in [7, 11) is 2.01. The molecule has 64 valence electrons. The van der Waals surface area contributed by atoms with E-state index in [1.54, 1.807) is 0 Å². The highest BCUT2D eigenvalue weighted by Gasteiger charge is 2.10. The average molecular weight is 155 g/mol. The van der Waals surface area contributed by atoms with Gasteiger partial charge in [0.15, 0.2) is 0 Å². The third-order valence-corrected chi connectivity index (χ3v) is 1.90. The van der Waals surface area contributed by atoms with Gasteiger partial charge < -0.3 is 10.6 Å². The Labute approximate surface area is 68.8 Å². The SMILES string of the molecule is CCC(CC#N)N(C)CCN. The lowest BCUT2D eigenvalue weighted by molar-refractivity contribution is 0.245. The van der Waals surface area contributed by atoms with Gasteiger partial charge in [-0.2, -0.15) is 5.26 Å². The molecule has 0 amide bonds. The van der Waals surface area contributed by atoms with E-state index in [-0.39, 0.29) is 0 Å². The second kappa shape index (κ2) is 6.14. The fourth-order valence-electron chi connectivity index (χ4n) is 1.10. The fourth-order valence-corrected chi connectivity index (χ4v) is 1.10. The van der Waals surface area contributed by atoms with Crippen LogP contribution in [0.2, 0.25) is 0 Å². The summed E-state index contributed by atoms with van der Waals surface area (Å²) in [5.74, 6) is 0. The van der Waals surface area contributed by atoms with Crippen molar-refractivity contribution in [2.24, 2.45) is 5.73 Å². The number of likely N-dealkylation sites (N-methyl/N-ethyl adjacent to an activating group) is 1. The molecule has 1 unspecified atom stereocenters. The van der Waals surface area contributed by atoms with Gasteiger partial charge in [0.1, 0.15) is 0 Å². The first-order chi connectivity index (χ1) is 5.26. The maximum atomic E-state index is 8.48. The Hall–Kier alpha value is -0.590. The standard InChI is InChI=1S/C8H17N3/c1-3-8(4-5-9)11(2)7-6-10/h8H,3-4,6-7,10H2,1-2H3. The first-order valence-electron chi connectivity index (χ1n) is 4.03. The number of hydrogen-bond donors (Lipinski definition) is 1. The van der Waals surface area contributed by atoms with Crippen molar-refractivity contribution < 1.29 is 0 Å². The van der Waals surface area contributed by atoms with E-state index < -0.39 is 0 Å². The van der Waals surface area contributed by atoms with Gasteiger partial charge in [0, 0.05) is 19.1 Å². The van der Waals surface area contributed by atoms with Gasteiger partial charge in [-0.05, 0) is 13.5 Å². The summed E-state index contributed by atoms with van der Waals surface area (Å²) < 4.78 is 0. The summed E-state index contributed by atoms with van der Waals surface area (Å²) in [6.45, 7) is 3.63. The minimum atomic E-state index is 0.378. The number of nitrogens with two attached hydrogens (primary N) is 1. The molecule has 0 fully saturated rings. The van der Waals surface area contributed by atoms with Crippen molar-refractivity contribution in [2.45, 2.75) is 25.8 Å². The Balaban J connectivity index is 3.73. The van der Waals surface area contributed by atoms with E-state index in [0.717, 1.165) is 13.0 Å². The molecular formula is C8H17N3. The minimum absolute atomic E-state index is 0.378. The largest absolute Gasteiger partial charge is 0.329 e. The molecule has 0 heterocycles. The molecule has 0 aliphatic rings. The molecule has 0 aromatic rings. The molecule has 11 heavy (non-hydrogen) atoms. The van der Waals surface area contributed by atoms with Gasteiger partial charge in [-0.25, -0.2) is 0 Å². The van der Waals surface area contributed by atoms with Crippen molar-refractivity contribution in [1.82, 2.24) is 4.90 Å². The van der Waals surface area contributed by atoms with E-state index in [1.165, 1.54) is 0 Å². The van der Waals surface area contributed by atoms with Crippen LogP contribution in [0.3, 0.4) is 0 Å². The first kappa shape index (κ1) is 10.4. The summed E-state index contributed by atoms with van der Waals surface area (Å²) in [6, 6.07) is 2.55. The van der Waals surface area contributed by atoms with Gasteiger partial charge in [0.25, 0.3) is 0 Å². The summed E-state index contributed by atoms with van der Waals surface area (Å²) in [5, 5.41) is 8.48. The normalized spacial score (nSPS) is 13.0. The van der Waals surface area contributed by atoms with Crippen LogP contribution in [0, 0.1) is 11.3 Å². The van der Waals surface area contributed by atoms with E-state index in [1.807, 2.05) is 7.05 Å². The Kier molecular flexibility index (Phi) is 5.81. The van der Waals surface area contributed by atoms with Crippen molar-refractivity contribution in [3.8, 4) is 6.07 Å². The molecule has 0 aromatic carbocycles. The van der Waals surface area contributed by atoms with Gasteiger partial charge in [-0.3, -0.25) is 0 Å². The van der Waals surface area contributed by atoms with Crippen LogP contribution in [0.4, 0.5) is 0 Å². The Morgan fingerprint density at radius 2 is 2.27 bits per heavy atom. The number of rotatable bonds is 5. The molecule has 0 saturated carbocycles. The maximum Gasteiger partial charge on any atom is 0.0638 e. The van der Waals surface area contributed by atoms with Crippen LogP contribution in [-0.4, -0.2) is 31.1 Å². The van der Waals surface area contributed by atoms with Crippen molar-refractivity contribution in [2.75, 3.05) is 20.1 Å². The smallest absolute Gasteiger partial charge is 0.0638 e. The zero-order chi connectivity index (χ0) is 8.69. The molecule has 0 spiro atoms. The maximum absolute atomic E-state index is 8.48. The second-order valence-electron chi connectivity index (χ2n) is 2.69. The quantitative estimate of drug-likeness (QED) is 0.631. The molecule has 0 aliphatic carbocycles. The fraction of sp³-hybridized carbons (Fsp3) is 0.875. The molecule has 0 saturated heterocycles. The van der Waals surface area contributed by atoms with E-state index in [2.05, 4.69) is 17.9 Å². The molecule has 0 bridgehead atoms. The topological polar surface area (TPSA) is 53.0 Å². The lowest BCUT2D eigenvalue weighted by Crippen LogP contribution is -2.34. The number of nitriles is 1. The second-order valence-corrected chi connectivity index (χ2v) is 2.69. The van der Waals surface area contributed by atoms with Crippen molar-refractivity contribution >= 4 is 0 Å². The van der Waals surface area contributed by atoms with Crippen molar-refractivity contribution in [3.63, 3.8) is 0 Å². The average Bonchev–Trinajstić information content (AvgIpc) is 2.00. The third-order valence-electron chi connectivity index (χ3n) is 1.90. The highest BCUT2D eigenvalue weighted by molar-refractivity contribution is 4.80. The molecule has 0 aliphatic heterocycles. The Morgan fingerprint density at radius 3 is 2.64 bits per heavy atom. The van der Waals surface area contributed by atoms with Crippen LogP contribution in [0.25, 0.3) is 0 Å².